The standard InChI is InChI=1S/C29H33BrN6O/c1-21(23-5-3-2-4-6-23)35-11-13-36(14-12-35)27-25(30)19-31-29-26(27)32-28(33-29)24-9-7-22(8-10-24)20-34-15-17-37-18-16-34/h2-10,19,21H,11-18,20H2,1H3,(H,31,32,33). The van der Waals surface area contributed by atoms with Gasteiger partial charge in [-0.25, -0.2) is 9.97 Å². The molecule has 6 rings (SSSR count). The first-order valence-corrected chi connectivity index (χ1v) is 13.9. The van der Waals surface area contributed by atoms with Crippen molar-refractivity contribution in [2.45, 2.75) is 19.5 Å². The molecule has 2 aliphatic heterocycles. The molecule has 1 N–H and O–H groups in total. The van der Waals surface area contributed by atoms with E-state index in [0.29, 0.717) is 6.04 Å². The Bertz CT molecular complexity index is 1330. The molecule has 0 bridgehead atoms. The topological polar surface area (TPSA) is 60.5 Å². The summed E-state index contributed by atoms with van der Waals surface area (Å²) in [5.41, 5.74) is 6.66. The number of hydrogen-bond acceptors (Lipinski definition) is 6. The van der Waals surface area contributed by atoms with Crippen LogP contribution in [0.4, 0.5) is 5.69 Å². The highest BCUT2D eigenvalue weighted by Gasteiger charge is 2.25. The second kappa shape index (κ2) is 10.9. The molecule has 2 aliphatic rings. The van der Waals surface area contributed by atoms with Crippen LogP contribution in [0, 0.1) is 0 Å². The van der Waals surface area contributed by atoms with Crippen molar-refractivity contribution in [3.63, 3.8) is 0 Å². The third-order valence-corrected chi connectivity index (χ3v) is 8.23. The van der Waals surface area contributed by atoms with Gasteiger partial charge in [0.25, 0.3) is 0 Å². The van der Waals surface area contributed by atoms with Crippen molar-refractivity contribution in [2.75, 3.05) is 57.4 Å². The molecular formula is C29H33BrN6O. The molecule has 4 heterocycles. The lowest BCUT2D eigenvalue weighted by Gasteiger charge is -2.39. The highest BCUT2D eigenvalue weighted by molar-refractivity contribution is 9.10. The minimum absolute atomic E-state index is 0.411. The fourth-order valence-corrected chi connectivity index (χ4v) is 5.98. The quantitative estimate of drug-likeness (QED) is 0.354. The number of morpholine rings is 1. The van der Waals surface area contributed by atoms with Crippen LogP contribution in [-0.4, -0.2) is 77.2 Å². The summed E-state index contributed by atoms with van der Waals surface area (Å²) < 4.78 is 6.47. The van der Waals surface area contributed by atoms with E-state index in [4.69, 9.17) is 9.72 Å². The van der Waals surface area contributed by atoms with Gasteiger partial charge in [-0.05, 0) is 34.0 Å². The molecule has 1 atom stereocenters. The number of benzene rings is 2. The van der Waals surface area contributed by atoms with Gasteiger partial charge in [0.05, 0.1) is 23.4 Å². The summed E-state index contributed by atoms with van der Waals surface area (Å²) in [6.07, 6.45) is 1.88. The van der Waals surface area contributed by atoms with Gasteiger partial charge in [0.15, 0.2) is 5.65 Å². The Hall–Kier alpha value is -2.78. The number of imidazole rings is 1. The highest BCUT2D eigenvalue weighted by Crippen LogP contribution is 2.35. The van der Waals surface area contributed by atoms with Crippen molar-refractivity contribution in [1.82, 2.24) is 24.8 Å². The van der Waals surface area contributed by atoms with Crippen LogP contribution < -0.4 is 4.90 Å². The molecule has 0 radical (unpaired) electrons. The van der Waals surface area contributed by atoms with Gasteiger partial charge in [-0.2, -0.15) is 0 Å². The van der Waals surface area contributed by atoms with Gasteiger partial charge in [0.1, 0.15) is 11.3 Å². The number of nitrogens with zero attached hydrogens (tertiary/aromatic N) is 5. The van der Waals surface area contributed by atoms with E-state index in [-0.39, 0.29) is 0 Å². The van der Waals surface area contributed by atoms with E-state index in [0.717, 1.165) is 91.7 Å². The smallest absolute Gasteiger partial charge is 0.180 e. The molecule has 7 nitrogen and oxygen atoms in total. The number of anilines is 1. The predicted molar refractivity (Wildman–Crippen MR) is 152 cm³/mol. The zero-order valence-electron chi connectivity index (χ0n) is 21.2. The number of H-pyrrole nitrogens is 1. The number of piperazine rings is 1. The van der Waals surface area contributed by atoms with Crippen LogP contribution in [-0.2, 0) is 11.3 Å². The van der Waals surface area contributed by atoms with Crippen molar-refractivity contribution in [3.8, 4) is 11.4 Å². The van der Waals surface area contributed by atoms with Crippen LogP contribution in [0.15, 0.2) is 65.3 Å². The summed E-state index contributed by atoms with van der Waals surface area (Å²) in [6.45, 7) is 10.8. The zero-order valence-corrected chi connectivity index (χ0v) is 22.8. The van der Waals surface area contributed by atoms with Crippen LogP contribution >= 0.6 is 15.9 Å². The van der Waals surface area contributed by atoms with Crippen molar-refractivity contribution in [2.24, 2.45) is 0 Å². The number of rotatable bonds is 6. The fraction of sp³-hybridized carbons (Fsp3) is 0.379. The number of halogens is 1. The molecule has 1 unspecified atom stereocenters. The first-order chi connectivity index (χ1) is 18.2. The molecular weight excluding hydrogens is 528 g/mol. The lowest BCUT2D eigenvalue weighted by Crippen LogP contribution is -2.47. The summed E-state index contributed by atoms with van der Waals surface area (Å²) >= 11 is 3.78. The number of pyridine rings is 1. The Morgan fingerprint density at radius 3 is 2.41 bits per heavy atom. The SMILES string of the molecule is CC(c1ccccc1)N1CCN(c2c(Br)cnc3nc(-c4ccc(CN5CCOCC5)cc4)[nH]c23)CC1. The predicted octanol–water partition coefficient (Wildman–Crippen LogP) is 5.10. The summed E-state index contributed by atoms with van der Waals surface area (Å²) in [5, 5.41) is 0. The van der Waals surface area contributed by atoms with Crippen LogP contribution in [0.2, 0.25) is 0 Å². The van der Waals surface area contributed by atoms with E-state index in [1.165, 1.54) is 11.1 Å². The second-order valence-corrected chi connectivity index (χ2v) is 10.8. The minimum atomic E-state index is 0.411. The van der Waals surface area contributed by atoms with Gasteiger partial charge >= 0.3 is 0 Å². The molecule has 4 aromatic rings. The molecule has 2 aromatic carbocycles. The molecule has 2 aromatic heterocycles. The first kappa shape index (κ1) is 24.6. The maximum absolute atomic E-state index is 5.47. The number of ether oxygens (including phenoxy) is 1. The molecule has 0 saturated carbocycles. The lowest BCUT2D eigenvalue weighted by atomic mass is 10.1. The van der Waals surface area contributed by atoms with Crippen molar-refractivity contribution < 1.29 is 4.74 Å². The van der Waals surface area contributed by atoms with E-state index in [1.54, 1.807) is 0 Å². The van der Waals surface area contributed by atoms with Crippen molar-refractivity contribution >= 4 is 32.8 Å². The third kappa shape index (κ3) is 5.29. The Balaban J connectivity index is 1.19. The van der Waals surface area contributed by atoms with E-state index in [2.05, 4.69) is 102 Å². The van der Waals surface area contributed by atoms with Gasteiger partial charge in [0.2, 0.25) is 0 Å². The summed E-state index contributed by atoms with van der Waals surface area (Å²) in [5.74, 6) is 0.858. The van der Waals surface area contributed by atoms with E-state index >= 15 is 0 Å². The van der Waals surface area contributed by atoms with Crippen molar-refractivity contribution in [3.05, 3.63) is 76.4 Å². The maximum Gasteiger partial charge on any atom is 0.180 e. The Labute approximate surface area is 226 Å². The van der Waals surface area contributed by atoms with Gasteiger partial charge in [-0.3, -0.25) is 9.80 Å². The normalized spacial score (nSPS) is 18.4. The molecule has 192 valence electrons. The molecule has 0 amide bonds. The number of nitrogens with one attached hydrogen (secondary N) is 1. The average molecular weight is 562 g/mol. The molecule has 8 heteroatoms. The van der Waals surface area contributed by atoms with Gasteiger partial charge in [-0.15, -0.1) is 0 Å². The van der Waals surface area contributed by atoms with Crippen LogP contribution in [0.3, 0.4) is 0 Å². The molecule has 2 fully saturated rings. The maximum atomic E-state index is 5.47. The first-order valence-electron chi connectivity index (χ1n) is 13.1. The Morgan fingerprint density at radius 1 is 0.946 bits per heavy atom. The molecule has 37 heavy (non-hydrogen) atoms. The highest BCUT2D eigenvalue weighted by atomic mass is 79.9. The largest absolute Gasteiger partial charge is 0.379 e. The fourth-order valence-electron chi connectivity index (χ4n) is 5.43. The van der Waals surface area contributed by atoms with Crippen LogP contribution in [0.5, 0.6) is 0 Å². The third-order valence-electron chi connectivity index (χ3n) is 7.65. The Kier molecular flexibility index (Phi) is 7.24. The van der Waals surface area contributed by atoms with Crippen molar-refractivity contribution in [1.29, 1.82) is 0 Å². The molecule has 2 saturated heterocycles. The lowest BCUT2D eigenvalue weighted by molar-refractivity contribution is 0.0342. The van der Waals surface area contributed by atoms with E-state index in [1.807, 2.05) is 6.20 Å². The minimum Gasteiger partial charge on any atom is -0.379 e. The number of aromatic amines is 1. The monoisotopic (exact) mass is 560 g/mol. The van der Waals surface area contributed by atoms with Crippen LogP contribution in [0.1, 0.15) is 24.1 Å². The Morgan fingerprint density at radius 2 is 1.68 bits per heavy atom. The number of aromatic nitrogens is 3. The number of fused-ring (bicyclic) bond motifs is 1. The van der Waals surface area contributed by atoms with E-state index < -0.39 is 0 Å². The van der Waals surface area contributed by atoms with Crippen LogP contribution in [0.25, 0.3) is 22.6 Å². The average Bonchev–Trinajstić information content (AvgIpc) is 3.38. The number of hydrogen-bond donors (Lipinski definition) is 1. The van der Waals surface area contributed by atoms with Gasteiger partial charge in [-0.1, -0.05) is 54.6 Å². The summed E-state index contributed by atoms with van der Waals surface area (Å²) in [4.78, 5) is 20.5. The molecule has 0 spiro atoms. The van der Waals surface area contributed by atoms with E-state index in [9.17, 15) is 0 Å². The zero-order chi connectivity index (χ0) is 25.2. The summed E-state index contributed by atoms with van der Waals surface area (Å²) in [6, 6.07) is 19.9. The van der Waals surface area contributed by atoms with Gasteiger partial charge in [0, 0.05) is 63.6 Å². The summed E-state index contributed by atoms with van der Waals surface area (Å²) in [7, 11) is 0. The van der Waals surface area contributed by atoms with Gasteiger partial charge < -0.3 is 14.6 Å². The molecule has 0 aliphatic carbocycles. The second-order valence-electron chi connectivity index (χ2n) is 9.93.